The highest BCUT2D eigenvalue weighted by Crippen LogP contribution is 2.64. The summed E-state index contributed by atoms with van der Waals surface area (Å²) in [6.07, 6.45) is 0. The molecule has 0 radical (unpaired) electrons. The lowest BCUT2D eigenvalue weighted by Gasteiger charge is -2.31. The van der Waals surface area contributed by atoms with Crippen molar-refractivity contribution in [1.82, 2.24) is 17.5 Å². The van der Waals surface area contributed by atoms with Gasteiger partial charge in [0.2, 0.25) is 0 Å². The molecule has 14 aromatic rings. The molecule has 2 aliphatic rings. The van der Waals surface area contributed by atoms with Crippen LogP contribution in [0, 0.1) is 0 Å². The van der Waals surface area contributed by atoms with E-state index in [2.05, 4.69) is 289 Å². The van der Waals surface area contributed by atoms with Crippen molar-refractivity contribution in [3.05, 3.63) is 301 Å². The highest BCUT2D eigenvalue weighted by Gasteiger charge is 2.52. The predicted molar refractivity (Wildman–Crippen MR) is 336 cm³/mol. The summed E-state index contributed by atoms with van der Waals surface area (Å²) in [5.74, 6) is 0. The van der Waals surface area contributed by atoms with Crippen molar-refractivity contribution in [2.24, 2.45) is 0 Å². The van der Waals surface area contributed by atoms with Gasteiger partial charge in [-0.2, -0.15) is 17.5 Å². The van der Waals surface area contributed by atoms with Crippen molar-refractivity contribution < 1.29 is 0 Å². The first kappa shape index (κ1) is 46.9. The molecule has 380 valence electrons. The summed E-state index contributed by atoms with van der Waals surface area (Å²) in [6.45, 7) is 0. The number of anilines is 6. The van der Waals surface area contributed by atoms with Crippen LogP contribution in [0.5, 0.6) is 0 Å². The van der Waals surface area contributed by atoms with Crippen molar-refractivity contribution >= 4 is 79.6 Å². The predicted octanol–water partition coefficient (Wildman–Crippen LogP) is 19.6. The lowest BCUT2D eigenvalue weighted by Crippen LogP contribution is -2.26. The normalized spacial score (nSPS) is 12.5. The second-order valence-electron chi connectivity index (χ2n) is 20.7. The number of fused-ring (bicyclic) bond motifs is 12. The summed E-state index contributed by atoms with van der Waals surface area (Å²) < 4.78 is 20.0. The SMILES string of the molecule is c1ccc(N(c2ccccc2)c2ccc(-c3ccc(-c4ccc5c(c4)C4(c6ccccc6-c6ccccc64)c4cc(-c6ccc(-c7ccc(N(c8ccccc8)c8ccccc8)cc7)c7nsnc67)ccc4-5)c4nsnc34)cc2)cc1. The second-order valence-corrected chi connectivity index (χ2v) is 21.8. The number of rotatable bonds is 10. The van der Waals surface area contributed by atoms with Gasteiger partial charge in [0.15, 0.2) is 0 Å². The third-order valence-corrected chi connectivity index (χ3v) is 17.5. The Morgan fingerprint density at radius 1 is 0.222 bits per heavy atom. The zero-order chi connectivity index (χ0) is 53.4. The number of hydrogen-bond donors (Lipinski definition) is 0. The Hall–Kier alpha value is -10.1. The summed E-state index contributed by atoms with van der Waals surface area (Å²) in [4.78, 5) is 4.57. The van der Waals surface area contributed by atoms with Crippen LogP contribution in [0.3, 0.4) is 0 Å². The Labute approximate surface area is 477 Å². The number of para-hydroxylation sites is 4. The smallest absolute Gasteiger partial charge is 0.113 e. The maximum atomic E-state index is 5.04. The summed E-state index contributed by atoms with van der Waals surface area (Å²) in [5.41, 5.74) is 28.3. The van der Waals surface area contributed by atoms with Gasteiger partial charge in [-0.25, -0.2) is 0 Å². The van der Waals surface area contributed by atoms with E-state index in [0.29, 0.717) is 0 Å². The maximum Gasteiger partial charge on any atom is 0.113 e. The van der Waals surface area contributed by atoms with E-state index in [0.717, 1.165) is 101 Å². The fourth-order valence-corrected chi connectivity index (χ4v) is 14.1. The molecule has 0 atom stereocenters. The minimum absolute atomic E-state index is 0.590. The fourth-order valence-electron chi connectivity index (χ4n) is 12.9. The summed E-state index contributed by atoms with van der Waals surface area (Å²) in [6, 6.07) is 101. The summed E-state index contributed by atoms with van der Waals surface area (Å²) >= 11 is 2.54. The monoisotopic (exact) mass is 1070 g/mol. The van der Waals surface area contributed by atoms with Gasteiger partial charge in [0.05, 0.1) is 28.9 Å². The Morgan fingerprint density at radius 2 is 0.481 bits per heavy atom. The van der Waals surface area contributed by atoms with Crippen molar-refractivity contribution in [2.45, 2.75) is 5.41 Å². The van der Waals surface area contributed by atoms with Gasteiger partial charge in [0, 0.05) is 56.4 Å². The number of aromatic nitrogens is 4. The standard InChI is InChI=1S/C73H46N6S2/c1-5-17-51(18-6-1)78(52-19-7-2-8-20-52)55-35-29-47(30-36-55)57-41-43-59(71-69(57)74-80-76-71)49-33-39-63-64-40-34-50(46-68(64)73(67(63)45-49)65-27-15-13-25-61(65)62-26-14-16-28-66(62)73)60-44-42-58(70-72(60)77-81-75-70)48-31-37-56(38-32-48)79(53-21-9-3-10-22-53)54-23-11-4-12-24-54/h1-46H. The molecule has 0 unspecified atom stereocenters. The highest BCUT2D eigenvalue weighted by atomic mass is 32.1. The second kappa shape index (κ2) is 19.1. The van der Waals surface area contributed by atoms with E-state index in [1.807, 2.05) is 0 Å². The molecule has 8 heteroatoms. The molecule has 2 aliphatic carbocycles. The zero-order valence-electron chi connectivity index (χ0n) is 43.6. The van der Waals surface area contributed by atoms with Gasteiger partial charge in [-0.05, 0) is 152 Å². The minimum Gasteiger partial charge on any atom is -0.311 e. The third kappa shape index (κ3) is 7.45. The van der Waals surface area contributed by atoms with Gasteiger partial charge in [-0.1, -0.05) is 194 Å². The molecule has 0 saturated heterocycles. The molecular weight excluding hydrogens is 1020 g/mol. The van der Waals surface area contributed by atoms with E-state index in [4.69, 9.17) is 17.5 Å². The van der Waals surface area contributed by atoms with Crippen LogP contribution in [0.4, 0.5) is 34.1 Å². The molecule has 81 heavy (non-hydrogen) atoms. The molecule has 16 rings (SSSR count). The first-order valence-electron chi connectivity index (χ1n) is 27.2. The molecule has 0 amide bonds. The lowest BCUT2D eigenvalue weighted by molar-refractivity contribution is 0.794. The van der Waals surface area contributed by atoms with E-state index in [9.17, 15) is 0 Å². The van der Waals surface area contributed by atoms with Gasteiger partial charge in [0.25, 0.3) is 0 Å². The van der Waals surface area contributed by atoms with Crippen LogP contribution in [0.15, 0.2) is 279 Å². The number of benzene rings is 12. The van der Waals surface area contributed by atoms with Gasteiger partial charge in [-0.15, -0.1) is 0 Å². The first-order valence-corrected chi connectivity index (χ1v) is 28.7. The van der Waals surface area contributed by atoms with E-state index in [1.54, 1.807) is 0 Å². The number of hydrogen-bond acceptors (Lipinski definition) is 8. The average molecular weight is 1070 g/mol. The Kier molecular flexibility index (Phi) is 11.0. The number of nitrogens with zero attached hydrogens (tertiary/aromatic N) is 6. The van der Waals surface area contributed by atoms with E-state index < -0.39 is 5.41 Å². The maximum absolute atomic E-state index is 5.04. The fraction of sp³-hybridized carbons (Fsp3) is 0.0137. The van der Waals surface area contributed by atoms with Gasteiger partial charge < -0.3 is 9.80 Å². The topological polar surface area (TPSA) is 58.0 Å². The van der Waals surface area contributed by atoms with Crippen molar-refractivity contribution in [3.8, 4) is 66.8 Å². The highest BCUT2D eigenvalue weighted by molar-refractivity contribution is 7.00. The Morgan fingerprint density at radius 3 is 0.827 bits per heavy atom. The van der Waals surface area contributed by atoms with Crippen molar-refractivity contribution in [3.63, 3.8) is 0 Å². The molecule has 1 spiro atoms. The lowest BCUT2D eigenvalue weighted by atomic mass is 9.70. The third-order valence-electron chi connectivity index (χ3n) is 16.5. The quantitative estimate of drug-likeness (QED) is 0.136. The molecule has 0 aliphatic heterocycles. The molecule has 0 bridgehead atoms. The molecule has 0 fully saturated rings. The molecule has 2 heterocycles. The Balaban J connectivity index is 0.785. The minimum atomic E-state index is -0.590. The molecule has 2 aromatic heterocycles. The van der Waals surface area contributed by atoms with Crippen LogP contribution in [0.1, 0.15) is 22.3 Å². The van der Waals surface area contributed by atoms with Crippen molar-refractivity contribution in [2.75, 3.05) is 9.80 Å². The Bertz CT molecular complexity index is 4310. The molecule has 6 nitrogen and oxygen atoms in total. The largest absolute Gasteiger partial charge is 0.311 e. The van der Waals surface area contributed by atoms with Gasteiger partial charge in [-0.3, -0.25) is 0 Å². The molecule has 12 aromatic carbocycles. The molecule has 0 saturated carbocycles. The molecule has 0 N–H and O–H groups in total. The summed E-state index contributed by atoms with van der Waals surface area (Å²) in [5, 5.41) is 0. The van der Waals surface area contributed by atoms with Crippen LogP contribution < -0.4 is 9.80 Å². The van der Waals surface area contributed by atoms with E-state index >= 15 is 0 Å². The summed E-state index contributed by atoms with van der Waals surface area (Å²) in [7, 11) is 0. The van der Waals surface area contributed by atoms with E-state index in [-0.39, 0.29) is 0 Å². The van der Waals surface area contributed by atoms with Crippen LogP contribution >= 0.6 is 23.5 Å². The zero-order valence-corrected chi connectivity index (χ0v) is 45.2. The molecular formula is C73H46N6S2. The van der Waals surface area contributed by atoms with Crippen LogP contribution in [0.25, 0.3) is 88.8 Å². The van der Waals surface area contributed by atoms with Gasteiger partial charge >= 0.3 is 0 Å². The van der Waals surface area contributed by atoms with Gasteiger partial charge in [0.1, 0.15) is 22.1 Å². The average Bonchev–Trinajstić information content (AvgIpc) is 2.73. The van der Waals surface area contributed by atoms with E-state index in [1.165, 1.54) is 68.0 Å². The van der Waals surface area contributed by atoms with Crippen LogP contribution in [-0.4, -0.2) is 17.5 Å². The van der Waals surface area contributed by atoms with Crippen molar-refractivity contribution in [1.29, 1.82) is 0 Å². The first-order chi connectivity index (χ1) is 40.2. The van der Waals surface area contributed by atoms with Crippen LogP contribution in [-0.2, 0) is 5.41 Å². The van der Waals surface area contributed by atoms with Crippen LogP contribution in [0.2, 0.25) is 0 Å².